The fourth-order valence-corrected chi connectivity index (χ4v) is 1.46. The van der Waals surface area contributed by atoms with Gasteiger partial charge in [0, 0.05) is 18.3 Å². The Kier molecular flexibility index (Phi) is 5.74. The molecule has 0 fully saturated rings. The van der Waals surface area contributed by atoms with Gasteiger partial charge in [0.2, 0.25) is 5.91 Å². The minimum Gasteiger partial charge on any atom is -0.450 e. The molecule has 0 spiro atoms. The van der Waals surface area contributed by atoms with Crippen LogP contribution < -0.4 is 16.0 Å². The van der Waals surface area contributed by atoms with Crippen molar-refractivity contribution < 1.29 is 14.3 Å². The lowest BCUT2D eigenvalue weighted by atomic mass is 10.3. The number of benzene rings is 1. The second kappa shape index (κ2) is 7.32. The monoisotopic (exact) mass is 281 g/mol. The van der Waals surface area contributed by atoms with Gasteiger partial charge in [-0.1, -0.05) is 0 Å². The summed E-state index contributed by atoms with van der Waals surface area (Å²) in [6.45, 7) is 3.42. The SMILES string of the molecule is CCOC(=O)NC(=S)Nc1ccc(NC(C)=O)cc1. The zero-order valence-corrected chi connectivity index (χ0v) is 11.5. The van der Waals surface area contributed by atoms with Gasteiger partial charge in [-0.15, -0.1) is 0 Å². The Morgan fingerprint density at radius 2 is 1.68 bits per heavy atom. The van der Waals surface area contributed by atoms with E-state index in [4.69, 9.17) is 12.2 Å². The zero-order chi connectivity index (χ0) is 14.3. The first-order valence-electron chi connectivity index (χ1n) is 5.63. The van der Waals surface area contributed by atoms with Crippen molar-refractivity contribution in [3.05, 3.63) is 24.3 Å². The van der Waals surface area contributed by atoms with E-state index in [1.807, 2.05) is 0 Å². The summed E-state index contributed by atoms with van der Waals surface area (Å²) in [6.07, 6.45) is -0.602. The van der Waals surface area contributed by atoms with Crippen molar-refractivity contribution >= 4 is 40.7 Å². The van der Waals surface area contributed by atoms with Crippen LogP contribution in [0.25, 0.3) is 0 Å². The van der Waals surface area contributed by atoms with Crippen molar-refractivity contribution in [1.82, 2.24) is 5.32 Å². The third-order valence-corrected chi connectivity index (χ3v) is 2.16. The molecule has 0 atom stereocenters. The Labute approximate surface area is 116 Å². The van der Waals surface area contributed by atoms with Crippen molar-refractivity contribution in [2.24, 2.45) is 0 Å². The number of hydrogen-bond donors (Lipinski definition) is 3. The molecular formula is C12H15N3O3S. The molecule has 0 aliphatic carbocycles. The maximum Gasteiger partial charge on any atom is 0.413 e. The third-order valence-electron chi connectivity index (χ3n) is 1.95. The highest BCUT2D eigenvalue weighted by Gasteiger charge is 2.04. The first-order chi connectivity index (χ1) is 9.01. The number of carbonyl (C=O) groups is 2. The van der Waals surface area contributed by atoms with Crippen molar-refractivity contribution in [3.63, 3.8) is 0 Å². The smallest absolute Gasteiger partial charge is 0.413 e. The van der Waals surface area contributed by atoms with Crippen molar-refractivity contribution in [3.8, 4) is 0 Å². The maximum absolute atomic E-state index is 11.1. The first kappa shape index (κ1) is 14.9. The normalized spacial score (nSPS) is 9.37. The second-order valence-electron chi connectivity index (χ2n) is 3.56. The number of rotatable bonds is 3. The summed E-state index contributed by atoms with van der Waals surface area (Å²) in [5.41, 5.74) is 1.37. The fourth-order valence-electron chi connectivity index (χ4n) is 1.26. The van der Waals surface area contributed by atoms with E-state index < -0.39 is 6.09 Å². The highest BCUT2D eigenvalue weighted by atomic mass is 32.1. The van der Waals surface area contributed by atoms with E-state index in [1.165, 1.54) is 6.92 Å². The molecule has 7 heteroatoms. The van der Waals surface area contributed by atoms with Gasteiger partial charge in [0.25, 0.3) is 0 Å². The molecule has 1 aromatic carbocycles. The summed E-state index contributed by atoms with van der Waals surface area (Å²) < 4.78 is 4.69. The molecule has 0 aliphatic rings. The van der Waals surface area contributed by atoms with E-state index in [0.717, 1.165) is 0 Å². The van der Waals surface area contributed by atoms with Crippen molar-refractivity contribution in [2.75, 3.05) is 17.2 Å². The van der Waals surface area contributed by atoms with Gasteiger partial charge in [-0.2, -0.15) is 0 Å². The number of ether oxygens (including phenoxy) is 1. The minimum atomic E-state index is -0.602. The third kappa shape index (κ3) is 5.82. The molecule has 0 aromatic heterocycles. The topological polar surface area (TPSA) is 79.5 Å². The van der Waals surface area contributed by atoms with Gasteiger partial charge < -0.3 is 15.4 Å². The van der Waals surface area contributed by atoms with Gasteiger partial charge in [-0.3, -0.25) is 10.1 Å². The number of thiocarbonyl (C=S) groups is 1. The van der Waals surface area contributed by atoms with Crippen LogP contribution in [-0.4, -0.2) is 23.7 Å². The first-order valence-corrected chi connectivity index (χ1v) is 6.04. The van der Waals surface area contributed by atoms with Gasteiger partial charge in [-0.05, 0) is 43.4 Å². The lowest BCUT2D eigenvalue weighted by Crippen LogP contribution is -2.34. The molecule has 0 radical (unpaired) electrons. The molecule has 0 saturated carbocycles. The largest absolute Gasteiger partial charge is 0.450 e. The van der Waals surface area contributed by atoms with Gasteiger partial charge in [0.15, 0.2) is 5.11 Å². The van der Waals surface area contributed by atoms with Crippen LogP contribution in [-0.2, 0) is 9.53 Å². The molecule has 2 amide bonds. The fraction of sp³-hybridized carbons (Fsp3) is 0.250. The van der Waals surface area contributed by atoms with Crippen LogP contribution in [0.15, 0.2) is 24.3 Å². The number of nitrogens with one attached hydrogen (secondary N) is 3. The van der Waals surface area contributed by atoms with E-state index >= 15 is 0 Å². The van der Waals surface area contributed by atoms with Crippen LogP contribution in [0.5, 0.6) is 0 Å². The standard InChI is InChI=1S/C12H15N3O3S/c1-3-18-12(17)15-11(19)14-10-6-4-9(5-7-10)13-8(2)16/h4-7H,3H2,1-2H3,(H,13,16)(H2,14,15,17,19). The average molecular weight is 281 g/mol. The number of anilines is 2. The summed E-state index contributed by atoms with van der Waals surface area (Å²) in [5, 5.41) is 7.97. The summed E-state index contributed by atoms with van der Waals surface area (Å²) in [7, 11) is 0. The molecule has 0 saturated heterocycles. The summed E-state index contributed by atoms with van der Waals surface area (Å²) in [4.78, 5) is 22.0. The van der Waals surface area contributed by atoms with Crippen molar-refractivity contribution in [2.45, 2.75) is 13.8 Å². The molecule has 3 N–H and O–H groups in total. The van der Waals surface area contributed by atoms with E-state index in [-0.39, 0.29) is 17.6 Å². The van der Waals surface area contributed by atoms with Gasteiger partial charge in [-0.25, -0.2) is 4.79 Å². The highest BCUT2D eigenvalue weighted by molar-refractivity contribution is 7.80. The number of carbonyl (C=O) groups excluding carboxylic acids is 2. The molecular weight excluding hydrogens is 266 g/mol. The molecule has 0 aliphatic heterocycles. The van der Waals surface area contributed by atoms with Gasteiger partial charge >= 0.3 is 6.09 Å². The summed E-state index contributed by atoms with van der Waals surface area (Å²) >= 11 is 4.94. The van der Waals surface area contributed by atoms with Crippen LogP contribution in [0.3, 0.4) is 0 Å². The van der Waals surface area contributed by atoms with Crippen LogP contribution in [0.2, 0.25) is 0 Å². The Bertz CT molecular complexity index is 474. The van der Waals surface area contributed by atoms with E-state index in [1.54, 1.807) is 31.2 Å². The molecule has 102 valence electrons. The van der Waals surface area contributed by atoms with Crippen LogP contribution in [0, 0.1) is 0 Å². The second-order valence-corrected chi connectivity index (χ2v) is 3.97. The van der Waals surface area contributed by atoms with E-state index in [0.29, 0.717) is 11.4 Å². The lowest BCUT2D eigenvalue weighted by molar-refractivity contribution is -0.114. The number of amides is 2. The number of hydrogen-bond acceptors (Lipinski definition) is 4. The minimum absolute atomic E-state index is 0.139. The quantitative estimate of drug-likeness (QED) is 0.739. The Hall–Kier alpha value is -2.15. The maximum atomic E-state index is 11.1. The molecule has 6 nitrogen and oxygen atoms in total. The molecule has 1 aromatic rings. The molecule has 0 bridgehead atoms. The highest BCUT2D eigenvalue weighted by Crippen LogP contribution is 2.13. The van der Waals surface area contributed by atoms with Crippen LogP contribution in [0.1, 0.15) is 13.8 Å². The predicted molar refractivity (Wildman–Crippen MR) is 77.1 cm³/mol. The Morgan fingerprint density at radius 3 is 2.16 bits per heavy atom. The Morgan fingerprint density at radius 1 is 1.16 bits per heavy atom. The zero-order valence-electron chi connectivity index (χ0n) is 10.6. The van der Waals surface area contributed by atoms with Gasteiger partial charge in [0.1, 0.15) is 0 Å². The Balaban J connectivity index is 2.51. The van der Waals surface area contributed by atoms with E-state index in [9.17, 15) is 9.59 Å². The van der Waals surface area contributed by atoms with Crippen LogP contribution in [0.4, 0.5) is 16.2 Å². The predicted octanol–water partition coefficient (Wildman–Crippen LogP) is 2.09. The van der Waals surface area contributed by atoms with Crippen molar-refractivity contribution in [1.29, 1.82) is 0 Å². The molecule has 0 heterocycles. The van der Waals surface area contributed by atoms with E-state index in [2.05, 4.69) is 20.7 Å². The van der Waals surface area contributed by atoms with Gasteiger partial charge in [0.05, 0.1) is 6.61 Å². The van der Waals surface area contributed by atoms with Crippen LogP contribution >= 0.6 is 12.2 Å². The summed E-state index contributed by atoms with van der Waals surface area (Å²) in [6, 6.07) is 6.89. The molecule has 1 rings (SSSR count). The molecule has 19 heavy (non-hydrogen) atoms. The number of alkyl carbamates (subject to hydrolysis) is 1. The average Bonchev–Trinajstić information content (AvgIpc) is 2.31. The molecule has 0 unspecified atom stereocenters. The lowest BCUT2D eigenvalue weighted by Gasteiger charge is -2.10. The summed E-state index contributed by atoms with van der Waals surface area (Å²) in [5.74, 6) is -0.139.